The molecule has 2 N–H and O–H groups in total. The standard InChI is InChI=1S/C14H28N2O/c1-11(2)9-12-10-16(8-5-14(12)17)13-3-6-15-7-4-13/h11-15,17H,3-10H2,1-2H3/t12-,14-/m0/s1. The quantitative estimate of drug-likeness (QED) is 0.784. The average Bonchev–Trinajstić information content (AvgIpc) is 2.32. The van der Waals surface area contributed by atoms with Gasteiger partial charge in [0.15, 0.2) is 0 Å². The van der Waals surface area contributed by atoms with Crippen LogP contribution in [-0.2, 0) is 0 Å². The Hall–Kier alpha value is -0.120. The van der Waals surface area contributed by atoms with Crippen LogP contribution in [0.2, 0.25) is 0 Å². The summed E-state index contributed by atoms with van der Waals surface area (Å²) in [5.74, 6) is 1.20. The van der Waals surface area contributed by atoms with Gasteiger partial charge in [0.2, 0.25) is 0 Å². The second-order valence-electron chi connectivity index (χ2n) is 6.22. The number of nitrogens with zero attached hydrogens (tertiary/aromatic N) is 1. The number of hydrogen-bond donors (Lipinski definition) is 2. The van der Waals surface area contributed by atoms with Gasteiger partial charge in [0.1, 0.15) is 0 Å². The van der Waals surface area contributed by atoms with Crippen molar-refractivity contribution in [2.75, 3.05) is 26.2 Å². The number of nitrogens with one attached hydrogen (secondary N) is 1. The lowest BCUT2D eigenvalue weighted by Crippen LogP contribution is -2.51. The third kappa shape index (κ3) is 3.67. The highest BCUT2D eigenvalue weighted by atomic mass is 16.3. The first-order valence-corrected chi connectivity index (χ1v) is 7.29. The van der Waals surface area contributed by atoms with E-state index in [9.17, 15) is 5.11 Å². The van der Waals surface area contributed by atoms with E-state index < -0.39 is 0 Å². The van der Waals surface area contributed by atoms with E-state index in [4.69, 9.17) is 0 Å². The molecule has 2 aliphatic heterocycles. The number of likely N-dealkylation sites (tertiary alicyclic amines) is 1. The molecular formula is C14H28N2O. The molecule has 0 bridgehead atoms. The summed E-state index contributed by atoms with van der Waals surface area (Å²) in [6.07, 6.45) is 4.65. The first-order valence-electron chi connectivity index (χ1n) is 7.29. The second kappa shape index (κ2) is 6.17. The van der Waals surface area contributed by atoms with Gasteiger partial charge < -0.3 is 10.4 Å². The molecule has 2 aliphatic rings. The van der Waals surface area contributed by atoms with Crippen molar-refractivity contribution in [3.63, 3.8) is 0 Å². The van der Waals surface area contributed by atoms with Crippen LogP contribution in [0.3, 0.4) is 0 Å². The zero-order valence-corrected chi connectivity index (χ0v) is 11.4. The van der Waals surface area contributed by atoms with Crippen LogP contribution in [0, 0.1) is 11.8 Å². The summed E-state index contributed by atoms with van der Waals surface area (Å²) in [6.45, 7) is 9.06. The fourth-order valence-corrected chi connectivity index (χ4v) is 3.39. The SMILES string of the molecule is CC(C)C[C@H]1CN(C2CCNCC2)CC[C@@H]1O. The summed E-state index contributed by atoms with van der Waals surface area (Å²) in [5.41, 5.74) is 0. The Morgan fingerprint density at radius 3 is 2.59 bits per heavy atom. The van der Waals surface area contributed by atoms with E-state index in [0.29, 0.717) is 11.8 Å². The smallest absolute Gasteiger partial charge is 0.0592 e. The van der Waals surface area contributed by atoms with E-state index in [1.54, 1.807) is 0 Å². The van der Waals surface area contributed by atoms with E-state index in [1.165, 1.54) is 32.4 Å². The van der Waals surface area contributed by atoms with Crippen LogP contribution < -0.4 is 5.32 Å². The molecule has 0 amide bonds. The fraction of sp³-hybridized carbons (Fsp3) is 1.00. The van der Waals surface area contributed by atoms with Crippen molar-refractivity contribution < 1.29 is 5.11 Å². The van der Waals surface area contributed by atoms with Crippen LogP contribution in [0.15, 0.2) is 0 Å². The average molecular weight is 240 g/mol. The number of piperidine rings is 2. The zero-order chi connectivity index (χ0) is 12.3. The highest BCUT2D eigenvalue weighted by molar-refractivity contribution is 4.86. The van der Waals surface area contributed by atoms with Crippen molar-refractivity contribution in [2.24, 2.45) is 11.8 Å². The molecule has 2 heterocycles. The number of aliphatic hydroxyl groups excluding tert-OH is 1. The third-order valence-electron chi connectivity index (χ3n) is 4.32. The molecule has 0 unspecified atom stereocenters. The molecular weight excluding hydrogens is 212 g/mol. The molecule has 3 nitrogen and oxygen atoms in total. The van der Waals surface area contributed by atoms with Gasteiger partial charge in [0, 0.05) is 19.1 Å². The van der Waals surface area contributed by atoms with Crippen LogP contribution in [0.4, 0.5) is 0 Å². The van der Waals surface area contributed by atoms with Crippen LogP contribution in [0.25, 0.3) is 0 Å². The normalized spacial score (nSPS) is 33.2. The molecule has 2 rings (SSSR count). The summed E-state index contributed by atoms with van der Waals surface area (Å²) in [5, 5.41) is 13.5. The molecule has 3 heteroatoms. The summed E-state index contributed by atoms with van der Waals surface area (Å²) >= 11 is 0. The molecule has 100 valence electrons. The van der Waals surface area contributed by atoms with E-state index in [-0.39, 0.29) is 6.10 Å². The highest BCUT2D eigenvalue weighted by Crippen LogP contribution is 2.26. The molecule has 0 aliphatic carbocycles. The Labute approximate surface area is 106 Å². The predicted molar refractivity (Wildman–Crippen MR) is 71.0 cm³/mol. The lowest BCUT2D eigenvalue weighted by Gasteiger charge is -2.42. The Kier molecular flexibility index (Phi) is 4.83. The Morgan fingerprint density at radius 2 is 1.94 bits per heavy atom. The maximum Gasteiger partial charge on any atom is 0.0592 e. The Morgan fingerprint density at radius 1 is 1.24 bits per heavy atom. The van der Waals surface area contributed by atoms with Crippen LogP contribution in [-0.4, -0.2) is 48.3 Å². The Bertz CT molecular complexity index is 226. The van der Waals surface area contributed by atoms with Crippen molar-refractivity contribution in [2.45, 2.75) is 51.7 Å². The molecule has 0 aromatic carbocycles. The molecule has 17 heavy (non-hydrogen) atoms. The first kappa shape index (κ1) is 13.3. The molecule has 0 radical (unpaired) electrons. The maximum atomic E-state index is 10.1. The largest absolute Gasteiger partial charge is 0.393 e. The van der Waals surface area contributed by atoms with Gasteiger partial charge in [-0.2, -0.15) is 0 Å². The minimum Gasteiger partial charge on any atom is -0.393 e. The number of rotatable bonds is 3. The fourth-order valence-electron chi connectivity index (χ4n) is 3.39. The van der Waals surface area contributed by atoms with Gasteiger partial charge in [-0.1, -0.05) is 13.8 Å². The van der Waals surface area contributed by atoms with Gasteiger partial charge in [-0.25, -0.2) is 0 Å². The highest BCUT2D eigenvalue weighted by Gasteiger charge is 2.31. The van der Waals surface area contributed by atoms with Crippen molar-refractivity contribution in [3.05, 3.63) is 0 Å². The molecule has 2 fully saturated rings. The van der Waals surface area contributed by atoms with Gasteiger partial charge in [-0.05, 0) is 50.6 Å². The summed E-state index contributed by atoms with van der Waals surface area (Å²) in [4.78, 5) is 2.64. The van der Waals surface area contributed by atoms with Gasteiger partial charge in [0.25, 0.3) is 0 Å². The van der Waals surface area contributed by atoms with E-state index in [2.05, 4.69) is 24.1 Å². The lowest BCUT2D eigenvalue weighted by atomic mass is 9.86. The van der Waals surface area contributed by atoms with Crippen LogP contribution in [0.1, 0.15) is 39.5 Å². The summed E-state index contributed by atoms with van der Waals surface area (Å²) < 4.78 is 0. The van der Waals surface area contributed by atoms with Crippen molar-refractivity contribution in [1.82, 2.24) is 10.2 Å². The monoisotopic (exact) mass is 240 g/mol. The van der Waals surface area contributed by atoms with Gasteiger partial charge >= 0.3 is 0 Å². The molecule has 0 aromatic heterocycles. The maximum absolute atomic E-state index is 10.1. The molecule has 0 aromatic rings. The molecule has 0 saturated carbocycles. The Balaban J connectivity index is 1.87. The minimum absolute atomic E-state index is 0.0598. The number of aliphatic hydroxyl groups is 1. The van der Waals surface area contributed by atoms with Gasteiger partial charge in [-0.3, -0.25) is 4.90 Å². The van der Waals surface area contributed by atoms with Crippen LogP contribution in [0.5, 0.6) is 0 Å². The number of hydrogen-bond acceptors (Lipinski definition) is 3. The van der Waals surface area contributed by atoms with E-state index in [0.717, 1.165) is 25.6 Å². The van der Waals surface area contributed by atoms with E-state index >= 15 is 0 Å². The first-order chi connectivity index (χ1) is 8.16. The van der Waals surface area contributed by atoms with Crippen LogP contribution >= 0.6 is 0 Å². The second-order valence-corrected chi connectivity index (χ2v) is 6.22. The predicted octanol–water partition coefficient (Wildman–Crippen LogP) is 1.47. The molecule has 0 spiro atoms. The topological polar surface area (TPSA) is 35.5 Å². The summed E-state index contributed by atoms with van der Waals surface area (Å²) in [7, 11) is 0. The summed E-state index contributed by atoms with van der Waals surface area (Å²) in [6, 6.07) is 0.762. The van der Waals surface area contributed by atoms with Crippen molar-refractivity contribution in [1.29, 1.82) is 0 Å². The van der Waals surface area contributed by atoms with Gasteiger partial charge in [-0.15, -0.1) is 0 Å². The minimum atomic E-state index is -0.0598. The zero-order valence-electron chi connectivity index (χ0n) is 11.4. The van der Waals surface area contributed by atoms with Crippen molar-refractivity contribution in [3.8, 4) is 0 Å². The molecule has 2 atom stereocenters. The molecule has 2 saturated heterocycles. The van der Waals surface area contributed by atoms with E-state index in [1.807, 2.05) is 0 Å². The third-order valence-corrected chi connectivity index (χ3v) is 4.32. The lowest BCUT2D eigenvalue weighted by molar-refractivity contribution is -0.00355. The van der Waals surface area contributed by atoms with Gasteiger partial charge in [0.05, 0.1) is 6.10 Å². The van der Waals surface area contributed by atoms with Crippen molar-refractivity contribution >= 4 is 0 Å².